The van der Waals surface area contributed by atoms with E-state index in [1.165, 1.54) is 18.4 Å². The van der Waals surface area contributed by atoms with Crippen molar-refractivity contribution >= 4 is 29.9 Å². The monoisotopic (exact) mass is 528 g/mol. The number of likely N-dealkylation sites (tertiary alicyclic amines) is 1. The molecule has 0 radical (unpaired) electrons. The molecule has 170 valence electrons. The van der Waals surface area contributed by atoms with E-state index < -0.39 is 0 Å². The van der Waals surface area contributed by atoms with Gasteiger partial charge in [0.1, 0.15) is 0 Å². The first-order valence-electron chi connectivity index (χ1n) is 11.4. The molecule has 3 rings (SSSR count). The van der Waals surface area contributed by atoms with Gasteiger partial charge in [-0.15, -0.1) is 24.0 Å². The van der Waals surface area contributed by atoms with E-state index in [0.717, 1.165) is 58.2 Å². The highest BCUT2D eigenvalue weighted by atomic mass is 127. The van der Waals surface area contributed by atoms with E-state index >= 15 is 0 Å². The Hall–Kier alpha value is -0.860. The lowest BCUT2D eigenvalue weighted by molar-refractivity contribution is -0.00268. The number of rotatable bonds is 6. The van der Waals surface area contributed by atoms with Crippen LogP contribution in [0.1, 0.15) is 51.0 Å². The standard InChI is InChI=1S/C24H40N4O.HI/c1-5-20-18-28(15-12-22(20)21-10-8-7-9-11-21)23(25-6-2)26-19-24(27(3)4)13-16-29-17-14-24;/h7-11,20,22H,5-6,12-19H2,1-4H3,(H,25,26);1H. The van der Waals surface area contributed by atoms with Crippen LogP contribution in [0.3, 0.4) is 0 Å². The molecule has 0 bridgehead atoms. The Balaban J connectivity index is 0.00000320. The summed E-state index contributed by atoms with van der Waals surface area (Å²) in [7, 11) is 4.37. The predicted molar refractivity (Wildman–Crippen MR) is 137 cm³/mol. The van der Waals surface area contributed by atoms with Crippen molar-refractivity contribution in [2.45, 2.75) is 51.0 Å². The molecule has 6 heteroatoms. The molecule has 2 heterocycles. The molecule has 0 saturated carbocycles. The predicted octanol–water partition coefficient (Wildman–Crippen LogP) is 4.20. The Morgan fingerprint density at radius 2 is 1.90 bits per heavy atom. The Morgan fingerprint density at radius 3 is 2.50 bits per heavy atom. The third kappa shape index (κ3) is 6.10. The lowest BCUT2D eigenvalue weighted by Crippen LogP contribution is -2.53. The van der Waals surface area contributed by atoms with Gasteiger partial charge in [0, 0.05) is 38.4 Å². The average Bonchev–Trinajstić information content (AvgIpc) is 2.77. The molecule has 2 unspecified atom stereocenters. The number of hydrogen-bond donors (Lipinski definition) is 1. The molecule has 2 aliphatic rings. The summed E-state index contributed by atoms with van der Waals surface area (Å²) in [5.41, 5.74) is 1.61. The first kappa shape index (κ1) is 25.4. The third-order valence-corrected chi connectivity index (χ3v) is 7.02. The number of nitrogens with one attached hydrogen (secondary N) is 1. The fraction of sp³-hybridized carbons (Fsp3) is 0.708. The number of nitrogens with zero attached hydrogens (tertiary/aromatic N) is 3. The zero-order chi connectivity index (χ0) is 20.7. The molecular formula is C24H41IN4O. The third-order valence-electron chi connectivity index (χ3n) is 7.02. The summed E-state index contributed by atoms with van der Waals surface area (Å²) in [5.74, 6) is 2.41. The van der Waals surface area contributed by atoms with Crippen LogP contribution in [0, 0.1) is 5.92 Å². The zero-order valence-corrected chi connectivity index (χ0v) is 21.6. The number of hydrogen-bond acceptors (Lipinski definition) is 3. The van der Waals surface area contributed by atoms with E-state index in [1.807, 2.05) is 0 Å². The second kappa shape index (κ2) is 12.2. The van der Waals surface area contributed by atoms with Crippen molar-refractivity contribution in [1.82, 2.24) is 15.1 Å². The molecule has 2 aliphatic heterocycles. The normalized spacial score (nSPS) is 24.4. The fourth-order valence-corrected chi connectivity index (χ4v) is 4.92. The molecule has 0 amide bonds. The minimum Gasteiger partial charge on any atom is -0.381 e. The summed E-state index contributed by atoms with van der Waals surface area (Å²) < 4.78 is 5.63. The highest BCUT2D eigenvalue weighted by Crippen LogP contribution is 2.35. The average molecular weight is 529 g/mol. The number of piperidine rings is 1. The van der Waals surface area contributed by atoms with E-state index in [-0.39, 0.29) is 29.5 Å². The minimum atomic E-state index is 0. The number of halogens is 1. The van der Waals surface area contributed by atoms with Crippen molar-refractivity contribution in [3.8, 4) is 0 Å². The van der Waals surface area contributed by atoms with E-state index in [1.54, 1.807) is 0 Å². The smallest absolute Gasteiger partial charge is 0.193 e. The first-order valence-corrected chi connectivity index (χ1v) is 11.4. The molecule has 30 heavy (non-hydrogen) atoms. The van der Waals surface area contributed by atoms with Crippen LogP contribution in [0.4, 0.5) is 0 Å². The van der Waals surface area contributed by atoms with Gasteiger partial charge in [0.2, 0.25) is 0 Å². The number of guanidine groups is 1. The van der Waals surface area contributed by atoms with E-state index in [9.17, 15) is 0 Å². The highest BCUT2D eigenvalue weighted by molar-refractivity contribution is 14.0. The maximum absolute atomic E-state index is 5.63. The van der Waals surface area contributed by atoms with Crippen LogP contribution in [0.15, 0.2) is 35.3 Å². The van der Waals surface area contributed by atoms with Gasteiger partial charge in [-0.05, 0) is 57.7 Å². The van der Waals surface area contributed by atoms with Gasteiger partial charge >= 0.3 is 0 Å². The first-order chi connectivity index (χ1) is 14.1. The van der Waals surface area contributed by atoms with Crippen molar-refractivity contribution in [3.05, 3.63) is 35.9 Å². The molecule has 0 spiro atoms. The lowest BCUT2D eigenvalue weighted by Gasteiger charge is -2.43. The van der Waals surface area contributed by atoms with Gasteiger partial charge < -0.3 is 19.9 Å². The Morgan fingerprint density at radius 1 is 1.20 bits per heavy atom. The topological polar surface area (TPSA) is 40.1 Å². The molecule has 5 nitrogen and oxygen atoms in total. The van der Waals surface area contributed by atoms with Gasteiger partial charge in [0.05, 0.1) is 6.54 Å². The van der Waals surface area contributed by atoms with E-state index in [2.05, 4.69) is 73.4 Å². The zero-order valence-electron chi connectivity index (χ0n) is 19.3. The van der Waals surface area contributed by atoms with E-state index in [4.69, 9.17) is 9.73 Å². The molecule has 0 aliphatic carbocycles. The van der Waals surface area contributed by atoms with Gasteiger partial charge in [-0.1, -0.05) is 43.7 Å². The van der Waals surface area contributed by atoms with Crippen molar-refractivity contribution < 1.29 is 4.74 Å². The van der Waals surface area contributed by atoms with Crippen molar-refractivity contribution in [2.75, 3.05) is 53.5 Å². The fourth-order valence-electron chi connectivity index (χ4n) is 4.92. The van der Waals surface area contributed by atoms with Gasteiger partial charge in [-0.25, -0.2) is 0 Å². The number of ether oxygens (including phenoxy) is 1. The number of benzene rings is 1. The molecule has 2 atom stereocenters. The largest absolute Gasteiger partial charge is 0.381 e. The second-order valence-corrected chi connectivity index (χ2v) is 8.82. The maximum atomic E-state index is 5.63. The van der Waals surface area contributed by atoms with Crippen LogP contribution >= 0.6 is 24.0 Å². The minimum absolute atomic E-state index is 0. The van der Waals surface area contributed by atoms with Crippen LogP contribution in [0.2, 0.25) is 0 Å². The SMILES string of the molecule is CCNC(=NCC1(N(C)C)CCOCC1)N1CCC(c2ccccc2)C(CC)C1.I. The van der Waals surface area contributed by atoms with Gasteiger partial charge in [-0.2, -0.15) is 0 Å². The Labute approximate surface area is 200 Å². The summed E-state index contributed by atoms with van der Waals surface area (Å²) in [6.07, 6.45) is 4.50. The van der Waals surface area contributed by atoms with Crippen molar-refractivity contribution in [2.24, 2.45) is 10.9 Å². The second-order valence-electron chi connectivity index (χ2n) is 8.82. The Kier molecular flexibility index (Phi) is 10.4. The number of aliphatic imine (C=N–C) groups is 1. The summed E-state index contributed by atoms with van der Waals surface area (Å²) in [6, 6.07) is 11.1. The van der Waals surface area contributed by atoms with Crippen LogP contribution in [-0.4, -0.2) is 74.8 Å². The highest BCUT2D eigenvalue weighted by Gasteiger charge is 2.35. The summed E-state index contributed by atoms with van der Waals surface area (Å²) in [4.78, 5) is 10.0. The molecule has 2 saturated heterocycles. The molecular weight excluding hydrogens is 487 g/mol. The van der Waals surface area contributed by atoms with Crippen LogP contribution in [0.25, 0.3) is 0 Å². The van der Waals surface area contributed by atoms with Gasteiger partial charge in [0.25, 0.3) is 0 Å². The Bertz CT molecular complexity index is 646. The lowest BCUT2D eigenvalue weighted by atomic mass is 9.79. The van der Waals surface area contributed by atoms with Gasteiger partial charge in [-0.3, -0.25) is 4.99 Å². The van der Waals surface area contributed by atoms with E-state index in [0.29, 0.717) is 11.8 Å². The molecule has 0 aromatic heterocycles. The van der Waals surface area contributed by atoms with Gasteiger partial charge in [0.15, 0.2) is 5.96 Å². The van der Waals surface area contributed by atoms with Crippen LogP contribution < -0.4 is 5.32 Å². The summed E-state index contributed by atoms with van der Waals surface area (Å²) in [5, 5.41) is 3.57. The van der Waals surface area contributed by atoms with Crippen molar-refractivity contribution in [1.29, 1.82) is 0 Å². The maximum Gasteiger partial charge on any atom is 0.193 e. The quantitative estimate of drug-likeness (QED) is 0.342. The molecule has 1 aromatic carbocycles. The molecule has 1 aromatic rings. The molecule has 2 fully saturated rings. The van der Waals surface area contributed by atoms with Crippen LogP contribution in [-0.2, 0) is 4.74 Å². The van der Waals surface area contributed by atoms with Crippen molar-refractivity contribution in [3.63, 3.8) is 0 Å². The number of likely N-dealkylation sites (N-methyl/N-ethyl adjacent to an activating group) is 1. The summed E-state index contributed by atoms with van der Waals surface area (Å²) in [6.45, 7) is 10.1. The molecule has 1 N–H and O–H groups in total. The van der Waals surface area contributed by atoms with Crippen LogP contribution in [0.5, 0.6) is 0 Å². The summed E-state index contributed by atoms with van der Waals surface area (Å²) >= 11 is 0.